The van der Waals surface area contributed by atoms with Crippen molar-refractivity contribution in [1.82, 2.24) is 10.5 Å². The molecule has 1 heterocycles. The minimum absolute atomic E-state index is 0.0963. The van der Waals surface area contributed by atoms with Crippen molar-refractivity contribution in [2.45, 2.75) is 13.8 Å². The molecular formula is C10H12N2O5. The van der Waals surface area contributed by atoms with E-state index in [1.54, 1.807) is 19.9 Å². The molecule has 0 bridgehead atoms. The number of hydrogen-bond donors (Lipinski definition) is 3. The third-order valence-electron chi connectivity index (χ3n) is 1.95. The highest BCUT2D eigenvalue weighted by Crippen LogP contribution is 2.03. The van der Waals surface area contributed by atoms with E-state index in [0.29, 0.717) is 11.3 Å². The molecule has 0 aliphatic carbocycles. The average molecular weight is 240 g/mol. The molecule has 17 heavy (non-hydrogen) atoms. The molecule has 1 aromatic rings. The van der Waals surface area contributed by atoms with E-state index in [1.807, 2.05) is 5.48 Å². The van der Waals surface area contributed by atoms with Crippen molar-refractivity contribution in [1.29, 1.82) is 0 Å². The fourth-order valence-electron chi connectivity index (χ4n) is 1.35. The van der Waals surface area contributed by atoms with Crippen molar-refractivity contribution in [3.8, 4) is 0 Å². The van der Waals surface area contributed by atoms with Gasteiger partial charge in [-0.3, -0.25) is 14.4 Å². The van der Waals surface area contributed by atoms with Gasteiger partial charge in [0.2, 0.25) is 0 Å². The van der Waals surface area contributed by atoms with Gasteiger partial charge in [-0.25, -0.2) is 10.3 Å². The third-order valence-corrected chi connectivity index (χ3v) is 1.95. The molecular weight excluding hydrogens is 228 g/mol. The Labute approximate surface area is 96.4 Å². The van der Waals surface area contributed by atoms with Crippen LogP contribution in [0.4, 0.5) is 0 Å². The van der Waals surface area contributed by atoms with Crippen molar-refractivity contribution in [3.05, 3.63) is 33.2 Å². The molecule has 0 spiro atoms. The van der Waals surface area contributed by atoms with Crippen molar-refractivity contribution < 1.29 is 19.5 Å². The summed E-state index contributed by atoms with van der Waals surface area (Å²) < 4.78 is 0. The Morgan fingerprint density at radius 2 is 2.12 bits per heavy atom. The van der Waals surface area contributed by atoms with Crippen LogP contribution >= 0.6 is 0 Å². The highest BCUT2D eigenvalue weighted by atomic mass is 16.7. The van der Waals surface area contributed by atoms with Crippen molar-refractivity contribution in [2.75, 3.05) is 6.61 Å². The lowest BCUT2D eigenvalue weighted by molar-refractivity contribution is -0.144. The van der Waals surface area contributed by atoms with Crippen LogP contribution in [0.25, 0.3) is 0 Å². The normalized spacial score (nSPS) is 10.0. The number of H-pyrrole nitrogens is 1. The second-order valence-electron chi connectivity index (χ2n) is 3.45. The van der Waals surface area contributed by atoms with Gasteiger partial charge < -0.3 is 10.1 Å². The zero-order valence-electron chi connectivity index (χ0n) is 9.36. The first-order valence-corrected chi connectivity index (χ1v) is 4.76. The molecule has 92 valence electrons. The summed E-state index contributed by atoms with van der Waals surface area (Å²) in [6.07, 6.45) is 0. The van der Waals surface area contributed by atoms with Gasteiger partial charge in [0.25, 0.3) is 11.5 Å². The lowest BCUT2D eigenvalue weighted by Crippen LogP contribution is -2.32. The molecule has 0 saturated heterocycles. The minimum atomic E-state index is -1.22. The summed E-state index contributed by atoms with van der Waals surface area (Å²) in [5.74, 6) is -2.00. The van der Waals surface area contributed by atoms with Crippen molar-refractivity contribution in [2.24, 2.45) is 0 Å². The number of rotatable bonds is 4. The highest BCUT2D eigenvalue weighted by molar-refractivity contribution is 5.94. The van der Waals surface area contributed by atoms with E-state index in [0.717, 1.165) is 0 Å². The summed E-state index contributed by atoms with van der Waals surface area (Å²) >= 11 is 0. The number of hydrogen-bond acceptors (Lipinski definition) is 4. The van der Waals surface area contributed by atoms with Gasteiger partial charge in [-0.1, -0.05) is 0 Å². The molecule has 1 aromatic heterocycles. The fraction of sp³-hybridized carbons (Fsp3) is 0.300. The zero-order valence-corrected chi connectivity index (χ0v) is 9.36. The number of carboxylic acids is 1. The van der Waals surface area contributed by atoms with Gasteiger partial charge in [-0.05, 0) is 25.5 Å². The number of amides is 1. The van der Waals surface area contributed by atoms with Crippen LogP contribution in [0, 0.1) is 13.8 Å². The smallest absolute Gasteiger partial charge is 0.332 e. The van der Waals surface area contributed by atoms with Crippen LogP contribution in [0.2, 0.25) is 0 Å². The van der Waals surface area contributed by atoms with E-state index in [-0.39, 0.29) is 5.56 Å². The lowest BCUT2D eigenvalue weighted by atomic mass is 10.1. The Balaban J connectivity index is 2.83. The second kappa shape index (κ2) is 5.26. The molecule has 1 rings (SSSR count). The Morgan fingerprint density at radius 3 is 2.65 bits per heavy atom. The maximum atomic E-state index is 11.5. The van der Waals surface area contributed by atoms with Gasteiger partial charge in [-0.15, -0.1) is 0 Å². The number of pyridine rings is 1. The molecule has 7 heteroatoms. The number of aryl methyl sites for hydroxylation is 2. The van der Waals surface area contributed by atoms with E-state index in [2.05, 4.69) is 9.82 Å². The first-order chi connectivity index (χ1) is 7.91. The van der Waals surface area contributed by atoms with Crippen molar-refractivity contribution in [3.63, 3.8) is 0 Å². The largest absolute Gasteiger partial charge is 0.479 e. The second-order valence-corrected chi connectivity index (χ2v) is 3.45. The number of carboxylic acid groups (broad SMARTS) is 1. The molecule has 0 atom stereocenters. The maximum absolute atomic E-state index is 11.5. The molecule has 1 amide bonds. The third kappa shape index (κ3) is 3.42. The predicted molar refractivity (Wildman–Crippen MR) is 57.6 cm³/mol. The highest BCUT2D eigenvalue weighted by Gasteiger charge is 2.14. The molecule has 0 aliphatic rings. The minimum Gasteiger partial charge on any atom is -0.479 e. The van der Waals surface area contributed by atoms with Gasteiger partial charge in [-0.2, -0.15) is 0 Å². The van der Waals surface area contributed by atoms with E-state index in [9.17, 15) is 14.4 Å². The van der Waals surface area contributed by atoms with E-state index >= 15 is 0 Å². The van der Waals surface area contributed by atoms with Crippen LogP contribution in [0.15, 0.2) is 10.9 Å². The van der Waals surface area contributed by atoms with E-state index < -0.39 is 24.0 Å². The van der Waals surface area contributed by atoms with E-state index in [4.69, 9.17) is 5.11 Å². The van der Waals surface area contributed by atoms with Crippen LogP contribution < -0.4 is 11.0 Å². The number of carbonyl (C=O) groups excluding carboxylic acids is 1. The number of aromatic nitrogens is 1. The number of carbonyl (C=O) groups is 2. The molecule has 0 fully saturated rings. The number of aromatic amines is 1. The Kier molecular flexibility index (Phi) is 4.00. The summed E-state index contributed by atoms with van der Waals surface area (Å²) in [5.41, 5.74) is 2.38. The van der Waals surface area contributed by atoms with Gasteiger partial charge in [0.05, 0.1) is 0 Å². The molecule has 0 aliphatic heterocycles. The standard InChI is InChI=1S/C10H12N2O5/c1-5-3-6(2)11-9(15)8(5)10(16)12-17-4-7(13)14/h3H,4H2,1-2H3,(H,11,15)(H,12,16)(H,13,14). The van der Waals surface area contributed by atoms with Gasteiger partial charge in [0.1, 0.15) is 5.56 Å². The maximum Gasteiger partial charge on any atom is 0.332 e. The molecule has 0 radical (unpaired) electrons. The van der Waals surface area contributed by atoms with Crippen LogP contribution in [0.5, 0.6) is 0 Å². The molecule has 3 N–H and O–H groups in total. The first-order valence-electron chi connectivity index (χ1n) is 4.76. The molecule has 0 aromatic carbocycles. The SMILES string of the molecule is Cc1cc(C)c(C(=O)NOCC(=O)O)c(=O)[nH]1. The van der Waals surface area contributed by atoms with Gasteiger partial charge in [0.15, 0.2) is 6.61 Å². The number of aliphatic carboxylic acids is 1. The van der Waals surface area contributed by atoms with Crippen molar-refractivity contribution >= 4 is 11.9 Å². The Morgan fingerprint density at radius 1 is 1.47 bits per heavy atom. The quantitative estimate of drug-likeness (QED) is 0.628. The van der Waals surface area contributed by atoms with Crippen LogP contribution in [-0.4, -0.2) is 28.6 Å². The number of hydroxylamine groups is 1. The topological polar surface area (TPSA) is 108 Å². The zero-order chi connectivity index (χ0) is 13.0. The van der Waals surface area contributed by atoms with Crippen LogP contribution in [0.3, 0.4) is 0 Å². The lowest BCUT2D eigenvalue weighted by Gasteiger charge is -2.06. The first kappa shape index (κ1) is 12.9. The summed E-state index contributed by atoms with van der Waals surface area (Å²) in [6.45, 7) is 2.62. The summed E-state index contributed by atoms with van der Waals surface area (Å²) in [5, 5.41) is 8.30. The average Bonchev–Trinajstić information content (AvgIpc) is 2.14. The predicted octanol–water partition coefficient (Wildman–Crippen LogP) is -0.262. The summed E-state index contributed by atoms with van der Waals surface area (Å²) in [6, 6.07) is 1.63. The fourth-order valence-corrected chi connectivity index (χ4v) is 1.35. The summed E-state index contributed by atoms with van der Waals surface area (Å²) in [7, 11) is 0. The molecule has 0 unspecified atom stereocenters. The molecule has 7 nitrogen and oxygen atoms in total. The van der Waals surface area contributed by atoms with Gasteiger partial charge >= 0.3 is 5.97 Å². The monoisotopic (exact) mass is 240 g/mol. The Hall–Kier alpha value is -2.15. The van der Waals surface area contributed by atoms with E-state index in [1.165, 1.54) is 0 Å². The molecule has 0 saturated carbocycles. The Bertz CT molecular complexity index is 506. The summed E-state index contributed by atoms with van der Waals surface area (Å²) in [4.78, 5) is 40.1. The van der Waals surface area contributed by atoms with Gasteiger partial charge in [0, 0.05) is 5.69 Å². The van der Waals surface area contributed by atoms with Crippen LogP contribution in [-0.2, 0) is 9.63 Å². The van der Waals surface area contributed by atoms with Crippen LogP contribution in [0.1, 0.15) is 21.6 Å². The number of nitrogens with one attached hydrogen (secondary N) is 2.